The van der Waals surface area contributed by atoms with Crippen molar-refractivity contribution in [3.05, 3.63) is 5.89 Å². The van der Waals surface area contributed by atoms with E-state index in [1.807, 2.05) is 20.8 Å². The average molecular weight is 214 g/mol. The SMILES string of the molecule is CC(C)(C)c1nnc(SCCC=O)o1. The van der Waals surface area contributed by atoms with Gasteiger partial charge < -0.3 is 9.21 Å². The Labute approximate surface area is 87.5 Å². The van der Waals surface area contributed by atoms with Crippen LogP contribution in [0.3, 0.4) is 0 Å². The molecular weight excluding hydrogens is 200 g/mol. The molecule has 0 aliphatic heterocycles. The summed E-state index contributed by atoms with van der Waals surface area (Å²) in [5.41, 5.74) is -0.115. The van der Waals surface area contributed by atoms with Crippen molar-refractivity contribution in [2.75, 3.05) is 5.75 Å². The normalized spacial score (nSPS) is 11.6. The zero-order chi connectivity index (χ0) is 10.6. The van der Waals surface area contributed by atoms with Gasteiger partial charge in [0.2, 0.25) is 5.89 Å². The Morgan fingerprint density at radius 2 is 2.14 bits per heavy atom. The van der Waals surface area contributed by atoms with Crippen LogP contribution in [0.25, 0.3) is 0 Å². The molecule has 0 aliphatic carbocycles. The Morgan fingerprint density at radius 3 is 2.64 bits per heavy atom. The van der Waals surface area contributed by atoms with Crippen LogP contribution in [0.4, 0.5) is 0 Å². The van der Waals surface area contributed by atoms with Crippen molar-refractivity contribution in [3.63, 3.8) is 0 Å². The molecule has 1 rings (SSSR count). The van der Waals surface area contributed by atoms with E-state index in [1.54, 1.807) is 0 Å². The van der Waals surface area contributed by atoms with E-state index in [-0.39, 0.29) is 5.41 Å². The molecule has 14 heavy (non-hydrogen) atoms. The number of nitrogens with zero attached hydrogens (tertiary/aromatic N) is 2. The van der Waals surface area contributed by atoms with Gasteiger partial charge in [-0.25, -0.2) is 0 Å². The van der Waals surface area contributed by atoms with Crippen LogP contribution in [-0.2, 0) is 10.2 Å². The third-order valence-electron chi connectivity index (χ3n) is 1.51. The molecule has 0 bridgehead atoms. The molecule has 1 aromatic heterocycles. The second kappa shape index (κ2) is 4.59. The molecule has 5 heteroatoms. The van der Waals surface area contributed by atoms with Crippen LogP contribution in [0.5, 0.6) is 0 Å². The second-order valence-electron chi connectivity index (χ2n) is 3.93. The van der Waals surface area contributed by atoms with Crippen LogP contribution in [0.2, 0.25) is 0 Å². The molecular formula is C9H14N2O2S. The maximum absolute atomic E-state index is 10.1. The average Bonchev–Trinajstić information content (AvgIpc) is 2.52. The summed E-state index contributed by atoms with van der Waals surface area (Å²) in [6.45, 7) is 6.04. The summed E-state index contributed by atoms with van der Waals surface area (Å²) in [5.74, 6) is 1.32. The summed E-state index contributed by atoms with van der Waals surface area (Å²) in [6, 6.07) is 0. The number of hydrogen-bond donors (Lipinski definition) is 0. The Kier molecular flexibility index (Phi) is 3.69. The predicted molar refractivity (Wildman–Crippen MR) is 54.4 cm³/mol. The van der Waals surface area contributed by atoms with Crippen molar-refractivity contribution < 1.29 is 9.21 Å². The molecule has 0 unspecified atom stereocenters. The molecule has 0 saturated heterocycles. The van der Waals surface area contributed by atoms with E-state index < -0.39 is 0 Å². The monoisotopic (exact) mass is 214 g/mol. The van der Waals surface area contributed by atoms with Gasteiger partial charge in [0, 0.05) is 17.6 Å². The minimum Gasteiger partial charge on any atom is -0.415 e. The van der Waals surface area contributed by atoms with E-state index in [2.05, 4.69) is 10.2 Å². The number of aromatic nitrogens is 2. The highest BCUT2D eigenvalue weighted by atomic mass is 32.2. The minimum atomic E-state index is -0.115. The number of rotatable bonds is 4. The van der Waals surface area contributed by atoms with Crippen LogP contribution in [0.15, 0.2) is 9.64 Å². The van der Waals surface area contributed by atoms with E-state index in [4.69, 9.17) is 4.42 Å². The van der Waals surface area contributed by atoms with Gasteiger partial charge in [0.25, 0.3) is 5.22 Å². The van der Waals surface area contributed by atoms with Crippen LogP contribution in [0.1, 0.15) is 33.1 Å². The summed E-state index contributed by atoms with van der Waals surface area (Å²) in [4.78, 5) is 10.1. The molecule has 1 heterocycles. The zero-order valence-corrected chi connectivity index (χ0v) is 9.43. The highest BCUT2D eigenvalue weighted by molar-refractivity contribution is 7.99. The number of carbonyl (C=O) groups excluding carboxylic acids is 1. The number of thioether (sulfide) groups is 1. The topological polar surface area (TPSA) is 56.0 Å². The standard InChI is InChI=1S/C9H14N2O2S/c1-9(2,3)7-10-11-8(13-7)14-6-4-5-12/h5H,4,6H2,1-3H3. The summed E-state index contributed by atoms with van der Waals surface area (Å²) in [6.07, 6.45) is 1.39. The molecule has 0 saturated carbocycles. The van der Waals surface area contributed by atoms with Gasteiger partial charge in [-0.1, -0.05) is 32.5 Å². The van der Waals surface area contributed by atoms with E-state index in [1.165, 1.54) is 11.8 Å². The first kappa shape index (κ1) is 11.2. The molecule has 4 nitrogen and oxygen atoms in total. The van der Waals surface area contributed by atoms with E-state index >= 15 is 0 Å². The summed E-state index contributed by atoms with van der Waals surface area (Å²) in [5, 5.41) is 8.36. The summed E-state index contributed by atoms with van der Waals surface area (Å²) < 4.78 is 5.42. The summed E-state index contributed by atoms with van der Waals surface area (Å²) in [7, 11) is 0. The smallest absolute Gasteiger partial charge is 0.276 e. The molecule has 0 amide bonds. The van der Waals surface area contributed by atoms with Crippen LogP contribution in [-0.4, -0.2) is 22.2 Å². The van der Waals surface area contributed by atoms with Gasteiger partial charge in [-0.2, -0.15) is 0 Å². The highest BCUT2D eigenvalue weighted by Gasteiger charge is 2.21. The Bertz CT molecular complexity index is 304. The third-order valence-corrected chi connectivity index (χ3v) is 2.36. The molecule has 0 radical (unpaired) electrons. The van der Waals surface area contributed by atoms with Crippen molar-refractivity contribution in [3.8, 4) is 0 Å². The molecule has 0 N–H and O–H groups in total. The Morgan fingerprint density at radius 1 is 1.43 bits per heavy atom. The van der Waals surface area contributed by atoms with Gasteiger partial charge in [0.15, 0.2) is 0 Å². The molecule has 78 valence electrons. The second-order valence-corrected chi connectivity index (χ2v) is 4.97. The first-order valence-corrected chi connectivity index (χ1v) is 5.43. The lowest BCUT2D eigenvalue weighted by Crippen LogP contribution is -2.11. The van der Waals surface area contributed by atoms with Crippen molar-refractivity contribution in [2.24, 2.45) is 0 Å². The highest BCUT2D eigenvalue weighted by Crippen LogP contribution is 2.24. The molecule has 0 aliphatic rings. The van der Waals surface area contributed by atoms with E-state index in [9.17, 15) is 4.79 Å². The van der Waals surface area contributed by atoms with Gasteiger partial charge in [-0.3, -0.25) is 0 Å². The van der Waals surface area contributed by atoms with Gasteiger partial charge in [0.1, 0.15) is 6.29 Å². The predicted octanol–water partition coefficient (Wildman–Crippen LogP) is 2.05. The zero-order valence-electron chi connectivity index (χ0n) is 8.61. The Hall–Kier alpha value is -0.840. The van der Waals surface area contributed by atoms with Crippen molar-refractivity contribution >= 4 is 18.0 Å². The fourth-order valence-electron chi connectivity index (χ4n) is 0.766. The minimum absolute atomic E-state index is 0.115. The lowest BCUT2D eigenvalue weighted by molar-refractivity contribution is -0.107. The Balaban J connectivity index is 2.55. The lowest BCUT2D eigenvalue weighted by Gasteiger charge is -2.10. The first-order valence-electron chi connectivity index (χ1n) is 4.44. The molecule has 0 fully saturated rings. The molecule has 0 spiro atoms. The molecule has 1 aromatic rings. The fourth-order valence-corrected chi connectivity index (χ4v) is 1.39. The summed E-state index contributed by atoms with van der Waals surface area (Å²) >= 11 is 1.41. The fraction of sp³-hybridized carbons (Fsp3) is 0.667. The van der Waals surface area contributed by atoms with Crippen molar-refractivity contribution in [2.45, 2.75) is 37.8 Å². The van der Waals surface area contributed by atoms with Gasteiger partial charge in [-0.15, -0.1) is 10.2 Å². The van der Waals surface area contributed by atoms with Crippen LogP contribution >= 0.6 is 11.8 Å². The van der Waals surface area contributed by atoms with Gasteiger partial charge >= 0.3 is 0 Å². The maximum Gasteiger partial charge on any atom is 0.276 e. The molecule has 0 atom stereocenters. The number of carbonyl (C=O) groups is 1. The van der Waals surface area contributed by atoms with Gasteiger partial charge in [0.05, 0.1) is 0 Å². The van der Waals surface area contributed by atoms with E-state index in [0.717, 1.165) is 6.29 Å². The first-order chi connectivity index (χ1) is 6.54. The molecule has 0 aromatic carbocycles. The van der Waals surface area contributed by atoms with Crippen molar-refractivity contribution in [1.29, 1.82) is 0 Å². The number of hydrogen-bond acceptors (Lipinski definition) is 5. The quantitative estimate of drug-likeness (QED) is 0.436. The number of aldehydes is 1. The van der Waals surface area contributed by atoms with E-state index in [0.29, 0.717) is 23.3 Å². The third kappa shape index (κ3) is 3.14. The maximum atomic E-state index is 10.1. The van der Waals surface area contributed by atoms with Crippen LogP contribution < -0.4 is 0 Å². The van der Waals surface area contributed by atoms with Crippen LogP contribution in [0, 0.1) is 0 Å². The lowest BCUT2D eigenvalue weighted by atomic mass is 9.97. The van der Waals surface area contributed by atoms with Crippen molar-refractivity contribution in [1.82, 2.24) is 10.2 Å². The largest absolute Gasteiger partial charge is 0.415 e. The van der Waals surface area contributed by atoms with Gasteiger partial charge in [-0.05, 0) is 0 Å².